The lowest BCUT2D eigenvalue weighted by Gasteiger charge is -2.04. The Morgan fingerprint density at radius 2 is 1.77 bits per heavy atom. The van der Waals surface area contributed by atoms with Crippen molar-refractivity contribution in [3.05, 3.63) is 48.5 Å². The standard InChI is InChI=1S/C12H10S/c1-2-9-5-3-6-10-7-4-8-11(13)12(9)10/h2-8,13H,1H2. The van der Waals surface area contributed by atoms with Gasteiger partial charge in [0, 0.05) is 10.3 Å². The van der Waals surface area contributed by atoms with Crippen LogP contribution in [0.15, 0.2) is 47.9 Å². The molecular weight excluding hydrogens is 176 g/mol. The van der Waals surface area contributed by atoms with Gasteiger partial charge in [-0.05, 0) is 17.0 Å². The maximum Gasteiger partial charge on any atom is 0.0125 e. The predicted octanol–water partition coefficient (Wildman–Crippen LogP) is 3.77. The van der Waals surface area contributed by atoms with Gasteiger partial charge in [0.25, 0.3) is 0 Å². The maximum absolute atomic E-state index is 4.43. The van der Waals surface area contributed by atoms with Crippen molar-refractivity contribution in [3.63, 3.8) is 0 Å². The van der Waals surface area contributed by atoms with Crippen LogP contribution in [0, 0.1) is 0 Å². The van der Waals surface area contributed by atoms with Crippen LogP contribution in [0.1, 0.15) is 5.56 Å². The van der Waals surface area contributed by atoms with Crippen molar-refractivity contribution in [2.24, 2.45) is 0 Å². The van der Waals surface area contributed by atoms with E-state index in [0.29, 0.717) is 0 Å². The van der Waals surface area contributed by atoms with Gasteiger partial charge in [0.2, 0.25) is 0 Å². The topological polar surface area (TPSA) is 0 Å². The molecule has 0 nitrogen and oxygen atoms in total. The second-order valence-electron chi connectivity index (χ2n) is 2.93. The Kier molecular flexibility index (Phi) is 2.11. The minimum Gasteiger partial charge on any atom is -0.143 e. The average Bonchev–Trinajstić information content (AvgIpc) is 2.17. The fourth-order valence-corrected chi connectivity index (χ4v) is 1.86. The highest BCUT2D eigenvalue weighted by atomic mass is 32.1. The Labute approximate surface area is 83.3 Å². The summed E-state index contributed by atoms with van der Waals surface area (Å²) >= 11 is 4.43. The molecule has 0 atom stereocenters. The molecule has 0 heterocycles. The quantitative estimate of drug-likeness (QED) is 0.644. The number of benzene rings is 2. The average molecular weight is 186 g/mol. The smallest absolute Gasteiger partial charge is 0.0125 e. The monoisotopic (exact) mass is 186 g/mol. The van der Waals surface area contributed by atoms with E-state index in [0.717, 1.165) is 10.5 Å². The van der Waals surface area contributed by atoms with E-state index >= 15 is 0 Å². The molecule has 0 amide bonds. The van der Waals surface area contributed by atoms with Gasteiger partial charge in [0.15, 0.2) is 0 Å². The summed E-state index contributed by atoms with van der Waals surface area (Å²) in [4.78, 5) is 1.01. The molecule has 64 valence electrons. The van der Waals surface area contributed by atoms with Crippen LogP contribution in [0.3, 0.4) is 0 Å². The van der Waals surface area contributed by atoms with Gasteiger partial charge in [-0.1, -0.05) is 43.0 Å². The second-order valence-corrected chi connectivity index (χ2v) is 3.41. The van der Waals surface area contributed by atoms with Crippen molar-refractivity contribution in [1.82, 2.24) is 0 Å². The molecule has 2 rings (SSSR count). The van der Waals surface area contributed by atoms with E-state index < -0.39 is 0 Å². The van der Waals surface area contributed by atoms with Crippen LogP contribution in [0.25, 0.3) is 16.8 Å². The molecule has 0 aliphatic carbocycles. The number of hydrogen-bond donors (Lipinski definition) is 1. The number of fused-ring (bicyclic) bond motifs is 1. The molecule has 0 aliphatic rings. The zero-order valence-electron chi connectivity index (χ0n) is 7.20. The van der Waals surface area contributed by atoms with Crippen LogP contribution in [0.2, 0.25) is 0 Å². The normalized spacial score (nSPS) is 10.2. The summed E-state index contributed by atoms with van der Waals surface area (Å²) in [7, 11) is 0. The van der Waals surface area contributed by atoms with Gasteiger partial charge in [0.1, 0.15) is 0 Å². The number of hydrogen-bond acceptors (Lipinski definition) is 1. The first kappa shape index (κ1) is 8.39. The van der Waals surface area contributed by atoms with Crippen LogP contribution in [0.5, 0.6) is 0 Å². The highest BCUT2D eigenvalue weighted by Gasteiger charge is 1.99. The van der Waals surface area contributed by atoms with Gasteiger partial charge in [-0.15, -0.1) is 12.6 Å². The van der Waals surface area contributed by atoms with Crippen LogP contribution < -0.4 is 0 Å². The van der Waals surface area contributed by atoms with E-state index in [2.05, 4.69) is 37.4 Å². The maximum atomic E-state index is 4.43. The van der Waals surface area contributed by atoms with E-state index in [1.165, 1.54) is 10.8 Å². The molecule has 0 N–H and O–H groups in total. The number of thiol groups is 1. The zero-order valence-corrected chi connectivity index (χ0v) is 8.09. The lowest BCUT2D eigenvalue weighted by atomic mass is 10.0. The second kappa shape index (κ2) is 3.27. The minimum absolute atomic E-state index is 1.01. The van der Waals surface area contributed by atoms with Crippen LogP contribution in [-0.4, -0.2) is 0 Å². The third kappa shape index (κ3) is 1.36. The highest BCUT2D eigenvalue weighted by molar-refractivity contribution is 7.80. The summed E-state index contributed by atoms with van der Waals surface area (Å²) in [5, 5.41) is 2.40. The summed E-state index contributed by atoms with van der Waals surface area (Å²) in [6, 6.07) is 12.3. The van der Waals surface area contributed by atoms with Gasteiger partial charge in [-0.25, -0.2) is 0 Å². The molecule has 0 aliphatic heterocycles. The first-order valence-corrected chi connectivity index (χ1v) is 4.61. The zero-order chi connectivity index (χ0) is 9.26. The fraction of sp³-hybridized carbons (Fsp3) is 0. The summed E-state index contributed by atoms with van der Waals surface area (Å²) in [5.74, 6) is 0. The third-order valence-electron chi connectivity index (χ3n) is 2.13. The van der Waals surface area contributed by atoms with Crippen molar-refractivity contribution in [1.29, 1.82) is 0 Å². The number of rotatable bonds is 1. The molecule has 1 heteroatoms. The van der Waals surface area contributed by atoms with Gasteiger partial charge >= 0.3 is 0 Å². The minimum atomic E-state index is 1.01. The molecule has 0 saturated heterocycles. The van der Waals surface area contributed by atoms with E-state index in [-0.39, 0.29) is 0 Å². The predicted molar refractivity (Wildman–Crippen MR) is 61.3 cm³/mol. The lowest BCUT2D eigenvalue weighted by Crippen LogP contribution is -1.79. The lowest BCUT2D eigenvalue weighted by molar-refractivity contribution is 1.55. The molecule has 0 bridgehead atoms. The Hall–Kier alpha value is -1.21. The molecule has 13 heavy (non-hydrogen) atoms. The molecule has 0 aromatic heterocycles. The first-order chi connectivity index (χ1) is 6.33. The van der Waals surface area contributed by atoms with Crippen molar-refractivity contribution >= 4 is 29.5 Å². The van der Waals surface area contributed by atoms with E-state index in [1.54, 1.807) is 0 Å². The molecule has 2 aromatic rings. The molecule has 0 radical (unpaired) electrons. The van der Waals surface area contributed by atoms with Crippen LogP contribution in [-0.2, 0) is 0 Å². The summed E-state index contributed by atoms with van der Waals surface area (Å²) in [5.41, 5.74) is 1.14. The van der Waals surface area contributed by atoms with Crippen molar-refractivity contribution in [2.75, 3.05) is 0 Å². The SMILES string of the molecule is C=Cc1cccc2cccc(S)c12. The van der Waals surface area contributed by atoms with Crippen LogP contribution in [0.4, 0.5) is 0 Å². The summed E-state index contributed by atoms with van der Waals surface area (Å²) in [6.07, 6.45) is 1.86. The first-order valence-electron chi connectivity index (χ1n) is 4.16. The highest BCUT2D eigenvalue weighted by Crippen LogP contribution is 2.25. The molecule has 0 saturated carbocycles. The Morgan fingerprint density at radius 3 is 2.46 bits per heavy atom. The molecule has 0 fully saturated rings. The molecule has 2 aromatic carbocycles. The van der Waals surface area contributed by atoms with Crippen molar-refractivity contribution in [3.8, 4) is 0 Å². The summed E-state index contributed by atoms with van der Waals surface area (Å²) < 4.78 is 0. The Bertz CT molecular complexity index is 452. The molecule has 0 spiro atoms. The molecular formula is C12H10S. The van der Waals surface area contributed by atoms with Crippen molar-refractivity contribution < 1.29 is 0 Å². The largest absolute Gasteiger partial charge is 0.143 e. The third-order valence-corrected chi connectivity index (χ3v) is 2.51. The Morgan fingerprint density at radius 1 is 1.08 bits per heavy atom. The van der Waals surface area contributed by atoms with Crippen LogP contribution >= 0.6 is 12.6 Å². The van der Waals surface area contributed by atoms with E-state index in [1.807, 2.05) is 24.3 Å². The van der Waals surface area contributed by atoms with Gasteiger partial charge in [0.05, 0.1) is 0 Å². The summed E-state index contributed by atoms with van der Waals surface area (Å²) in [6.45, 7) is 3.79. The van der Waals surface area contributed by atoms with Gasteiger partial charge in [-0.2, -0.15) is 0 Å². The van der Waals surface area contributed by atoms with E-state index in [4.69, 9.17) is 0 Å². The van der Waals surface area contributed by atoms with Crippen molar-refractivity contribution in [2.45, 2.75) is 4.90 Å². The fourth-order valence-electron chi connectivity index (χ4n) is 1.52. The Balaban J connectivity index is 2.94. The van der Waals surface area contributed by atoms with Gasteiger partial charge in [-0.3, -0.25) is 0 Å². The van der Waals surface area contributed by atoms with Gasteiger partial charge < -0.3 is 0 Å². The molecule has 0 unspecified atom stereocenters. The van der Waals surface area contributed by atoms with E-state index in [9.17, 15) is 0 Å².